The van der Waals surface area contributed by atoms with Crippen LogP contribution in [0.1, 0.15) is 12.8 Å². The summed E-state index contributed by atoms with van der Waals surface area (Å²) in [4.78, 5) is 12.7. The first kappa shape index (κ1) is 14.3. The average Bonchev–Trinajstić information content (AvgIpc) is 2.17. The maximum Gasteiger partial charge on any atom is 0.223 e. The van der Waals surface area contributed by atoms with Gasteiger partial charge in [-0.2, -0.15) is 0 Å². The molecule has 0 aromatic carbocycles. The van der Waals surface area contributed by atoms with E-state index in [1.807, 2.05) is 0 Å². The van der Waals surface area contributed by atoms with Gasteiger partial charge in [0.25, 0.3) is 0 Å². The largest absolute Gasteiger partial charge is 0.391 e. The van der Waals surface area contributed by atoms with Crippen molar-refractivity contribution in [3.8, 4) is 0 Å². The zero-order chi connectivity index (χ0) is 11.7. The first-order valence-electron chi connectivity index (χ1n) is 5.15. The summed E-state index contributed by atoms with van der Waals surface area (Å²) < 4.78 is 4.79. The maximum atomic E-state index is 11.2. The van der Waals surface area contributed by atoms with Crippen LogP contribution in [0, 0.1) is 0 Å². The van der Waals surface area contributed by atoms with Crippen LogP contribution >= 0.6 is 0 Å². The summed E-state index contributed by atoms with van der Waals surface area (Å²) in [5.41, 5.74) is 0. The number of amides is 1. The summed E-state index contributed by atoms with van der Waals surface area (Å²) in [6.07, 6.45) is 0.712. The molecule has 5 nitrogen and oxygen atoms in total. The minimum Gasteiger partial charge on any atom is -0.391 e. The minimum absolute atomic E-state index is 0.111. The predicted octanol–water partition coefficient (Wildman–Crippen LogP) is -0.548. The van der Waals surface area contributed by atoms with Gasteiger partial charge in [0.05, 0.1) is 12.7 Å². The van der Waals surface area contributed by atoms with Crippen LogP contribution < -0.4 is 5.32 Å². The second-order valence-corrected chi connectivity index (χ2v) is 3.69. The molecule has 0 aliphatic carbocycles. The lowest BCUT2D eigenvalue weighted by Gasteiger charge is -2.12. The molecule has 0 saturated carbocycles. The van der Waals surface area contributed by atoms with E-state index in [9.17, 15) is 9.90 Å². The molecule has 1 amide bonds. The molecule has 0 spiro atoms. The molecular formula is C10H22N2O3. The molecule has 5 heteroatoms. The molecule has 2 N–H and O–H groups in total. The van der Waals surface area contributed by atoms with Gasteiger partial charge in [-0.05, 0) is 13.0 Å². The van der Waals surface area contributed by atoms with Gasteiger partial charge >= 0.3 is 0 Å². The molecule has 1 atom stereocenters. The Kier molecular flexibility index (Phi) is 8.27. The Balaban J connectivity index is 3.28. The fourth-order valence-corrected chi connectivity index (χ4v) is 1.09. The molecule has 0 aromatic heterocycles. The number of methoxy groups -OCH3 is 1. The molecule has 0 rings (SSSR count). The second-order valence-electron chi connectivity index (χ2n) is 3.69. The van der Waals surface area contributed by atoms with E-state index in [1.165, 1.54) is 0 Å². The van der Waals surface area contributed by atoms with Crippen molar-refractivity contribution in [3.63, 3.8) is 0 Å². The van der Waals surface area contributed by atoms with Crippen molar-refractivity contribution in [2.75, 3.05) is 40.9 Å². The average molecular weight is 218 g/mol. The highest BCUT2D eigenvalue weighted by atomic mass is 16.5. The van der Waals surface area contributed by atoms with E-state index < -0.39 is 6.10 Å². The predicted molar refractivity (Wildman–Crippen MR) is 58.7 cm³/mol. The van der Waals surface area contributed by atoms with E-state index in [0.717, 1.165) is 0 Å². The van der Waals surface area contributed by atoms with Crippen LogP contribution in [0.2, 0.25) is 0 Å². The third-order valence-corrected chi connectivity index (χ3v) is 2.03. The van der Waals surface area contributed by atoms with Gasteiger partial charge in [0, 0.05) is 34.2 Å². The van der Waals surface area contributed by atoms with Gasteiger partial charge in [-0.1, -0.05) is 0 Å². The van der Waals surface area contributed by atoms with Crippen LogP contribution in [-0.2, 0) is 9.53 Å². The Hall–Kier alpha value is -0.650. The number of ether oxygens (including phenoxy) is 1. The van der Waals surface area contributed by atoms with Crippen LogP contribution in [-0.4, -0.2) is 62.9 Å². The van der Waals surface area contributed by atoms with Crippen LogP contribution in [0.5, 0.6) is 0 Å². The van der Waals surface area contributed by atoms with Crippen molar-refractivity contribution in [2.24, 2.45) is 0 Å². The Morgan fingerprint density at radius 3 is 2.67 bits per heavy atom. The van der Waals surface area contributed by atoms with Crippen molar-refractivity contribution in [2.45, 2.75) is 18.9 Å². The van der Waals surface area contributed by atoms with Gasteiger partial charge in [0.2, 0.25) is 5.91 Å². The van der Waals surface area contributed by atoms with Crippen LogP contribution in [0.25, 0.3) is 0 Å². The van der Waals surface area contributed by atoms with E-state index >= 15 is 0 Å². The fourth-order valence-electron chi connectivity index (χ4n) is 1.09. The Bertz CT molecular complexity index is 174. The number of carbonyl (C=O) groups excluding carboxylic acids is 1. The summed E-state index contributed by atoms with van der Waals surface area (Å²) in [5, 5.41) is 12.4. The number of carbonyl (C=O) groups is 1. The molecule has 90 valence electrons. The molecule has 1 unspecified atom stereocenters. The van der Waals surface area contributed by atoms with Crippen molar-refractivity contribution in [1.82, 2.24) is 10.2 Å². The first-order valence-corrected chi connectivity index (χ1v) is 5.15. The lowest BCUT2D eigenvalue weighted by molar-refractivity contribution is -0.128. The zero-order valence-corrected chi connectivity index (χ0v) is 9.82. The molecule has 0 radical (unpaired) electrons. The summed E-state index contributed by atoms with van der Waals surface area (Å²) in [6.45, 7) is 1.71. The summed E-state index contributed by atoms with van der Waals surface area (Å²) >= 11 is 0. The molecule has 0 aliphatic heterocycles. The number of nitrogens with one attached hydrogen (secondary N) is 1. The molecular weight excluding hydrogens is 196 g/mol. The molecule has 0 heterocycles. The Labute approximate surface area is 91.4 Å². The zero-order valence-electron chi connectivity index (χ0n) is 9.82. The topological polar surface area (TPSA) is 61.8 Å². The normalized spacial score (nSPS) is 12.5. The number of nitrogens with zero attached hydrogens (tertiary/aromatic N) is 1. The smallest absolute Gasteiger partial charge is 0.223 e. The van der Waals surface area contributed by atoms with Crippen molar-refractivity contribution >= 4 is 5.91 Å². The SMILES string of the molecule is COCC(O)CCNCCC(=O)N(C)C. The number of rotatable bonds is 8. The van der Waals surface area contributed by atoms with Crippen LogP contribution in [0.15, 0.2) is 0 Å². The van der Waals surface area contributed by atoms with Crippen molar-refractivity contribution < 1.29 is 14.6 Å². The molecule has 15 heavy (non-hydrogen) atoms. The summed E-state index contributed by atoms with van der Waals surface area (Å²) in [7, 11) is 5.04. The van der Waals surface area contributed by atoms with Crippen LogP contribution in [0.3, 0.4) is 0 Å². The van der Waals surface area contributed by atoms with E-state index in [4.69, 9.17) is 4.74 Å². The lowest BCUT2D eigenvalue weighted by atomic mass is 10.2. The second kappa shape index (κ2) is 8.64. The monoisotopic (exact) mass is 218 g/mol. The molecule has 0 bridgehead atoms. The first-order chi connectivity index (χ1) is 7.07. The highest BCUT2D eigenvalue weighted by Gasteiger charge is 2.04. The number of aliphatic hydroxyl groups is 1. The standard InChI is InChI=1S/C10H22N2O3/c1-12(2)10(14)5-7-11-6-4-9(13)8-15-3/h9,11,13H,4-8H2,1-3H3. The highest BCUT2D eigenvalue weighted by Crippen LogP contribution is 1.90. The molecule has 0 aromatic rings. The Morgan fingerprint density at radius 2 is 2.13 bits per heavy atom. The van der Waals surface area contributed by atoms with E-state index in [0.29, 0.717) is 32.5 Å². The number of hydrogen-bond donors (Lipinski definition) is 2. The number of aliphatic hydroxyl groups excluding tert-OH is 1. The quantitative estimate of drug-likeness (QED) is 0.537. The van der Waals surface area contributed by atoms with Gasteiger partial charge in [-0.25, -0.2) is 0 Å². The molecule has 0 saturated heterocycles. The van der Waals surface area contributed by atoms with Gasteiger partial charge in [0.1, 0.15) is 0 Å². The van der Waals surface area contributed by atoms with Gasteiger partial charge in [-0.3, -0.25) is 4.79 Å². The third kappa shape index (κ3) is 8.35. The minimum atomic E-state index is -0.424. The van der Waals surface area contributed by atoms with Gasteiger partial charge in [-0.15, -0.1) is 0 Å². The van der Waals surface area contributed by atoms with E-state index in [2.05, 4.69) is 5.32 Å². The van der Waals surface area contributed by atoms with E-state index in [-0.39, 0.29) is 5.91 Å². The van der Waals surface area contributed by atoms with E-state index in [1.54, 1.807) is 26.1 Å². The summed E-state index contributed by atoms with van der Waals surface area (Å²) in [6, 6.07) is 0. The third-order valence-electron chi connectivity index (χ3n) is 2.03. The fraction of sp³-hybridized carbons (Fsp3) is 0.900. The molecule has 0 aliphatic rings. The summed E-state index contributed by atoms with van der Waals surface area (Å²) in [5.74, 6) is 0.111. The van der Waals surface area contributed by atoms with Gasteiger partial charge < -0.3 is 20.1 Å². The lowest BCUT2D eigenvalue weighted by Crippen LogP contribution is -2.28. The molecule has 0 fully saturated rings. The Morgan fingerprint density at radius 1 is 1.47 bits per heavy atom. The van der Waals surface area contributed by atoms with Crippen molar-refractivity contribution in [1.29, 1.82) is 0 Å². The van der Waals surface area contributed by atoms with Crippen molar-refractivity contribution in [3.05, 3.63) is 0 Å². The number of hydrogen-bond acceptors (Lipinski definition) is 4. The van der Waals surface area contributed by atoms with Gasteiger partial charge in [0.15, 0.2) is 0 Å². The highest BCUT2D eigenvalue weighted by molar-refractivity contribution is 5.75. The maximum absolute atomic E-state index is 11.2. The van der Waals surface area contributed by atoms with Crippen LogP contribution in [0.4, 0.5) is 0 Å².